The molecule has 2 atom stereocenters. The smallest absolute Gasteiger partial charge is 0.126 e. The number of rotatable bonds is 7. The zero-order chi connectivity index (χ0) is 15.1. The number of methoxy groups -OCH3 is 1. The van der Waals surface area contributed by atoms with Gasteiger partial charge >= 0.3 is 0 Å². The van der Waals surface area contributed by atoms with Gasteiger partial charge in [0.15, 0.2) is 0 Å². The van der Waals surface area contributed by atoms with Crippen molar-refractivity contribution < 1.29 is 4.74 Å². The van der Waals surface area contributed by atoms with E-state index in [2.05, 4.69) is 36.4 Å². The Labute approximate surface area is 126 Å². The van der Waals surface area contributed by atoms with Crippen molar-refractivity contribution in [2.45, 2.75) is 25.9 Å². The van der Waals surface area contributed by atoms with E-state index in [9.17, 15) is 0 Å². The highest BCUT2D eigenvalue weighted by atomic mass is 16.5. The first-order valence-corrected chi connectivity index (χ1v) is 7.24. The molecule has 0 spiro atoms. The van der Waals surface area contributed by atoms with Crippen molar-refractivity contribution in [2.24, 2.45) is 0 Å². The van der Waals surface area contributed by atoms with Crippen molar-refractivity contribution in [1.29, 1.82) is 0 Å². The summed E-state index contributed by atoms with van der Waals surface area (Å²) in [4.78, 5) is 0. The first-order valence-electron chi connectivity index (χ1n) is 7.24. The molecule has 0 radical (unpaired) electrons. The van der Waals surface area contributed by atoms with Gasteiger partial charge in [-0.3, -0.25) is 4.68 Å². The predicted octanol–water partition coefficient (Wildman–Crippen LogP) is 3.14. The highest BCUT2D eigenvalue weighted by Gasteiger charge is 2.12. The predicted molar refractivity (Wildman–Crippen MR) is 86.4 cm³/mol. The Morgan fingerprint density at radius 1 is 1.29 bits per heavy atom. The third-order valence-electron chi connectivity index (χ3n) is 3.66. The molecule has 4 nitrogen and oxygen atoms in total. The fraction of sp³-hybridized carbons (Fsp3) is 0.353. The van der Waals surface area contributed by atoms with E-state index >= 15 is 0 Å². The van der Waals surface area contributed by atoms with E-state index in [-0.39, 0.29) is 0 Å². The van der Waals surface area contributed by atoms with Crippen LogP contribution in [0.1, 0.15) is 25.5 Å². The van der Waals surface area contributed by atoms with Crippen molar-refractivity contribution in [2.75, 3.05) is 13.7 Å². The largest absolute Gasteiger partial charge is 0.496 e. The van der Waals surface area contributed by atoms with Gasteiger partial charge in [-0.05, 0) is 26.0 Å². The van der Waals surface area contributed by atoms with Crippen molar-refractivity contribution in [1.82, 2.24) is 15.1 Å². The Morgan fingerprint density at radius 3 is 2.81 bits per heavy atom. The molecule has 1 aromatic heterocycles. The first-order chi connectivity index (χ1) is 10.2. The summed E-state index contributed by atoms with van der Waals surface area (Å²) in [5.41, 5.74) is 1.09. The molecular formula is C17H23N3O. The highest BCUT2D eigenvalue weighted by molar-refractivity contribution is 5.57. The topological polar surface area (TPSA) is 39.1 Å². The summed E-state index contributed by atoms with van der Waals surface area (Å²) in [6.07, 6.45) is 8.00. The average molecular weight is 285 g/mol. The molecule has 0 aliphatic heterocycles. The molecule has 0 aliphatic carbocycles. The van der Waals surface area contributed by atoms with Gasteiger partial charge in [0.1, 0.15) is 5.75 Å². The minimum absolute atomic E-state index is 0.319. The van der Waals surface area contributed by atoms with Gasteiger partial charge in [-0.25, -0.2) is 0 Å². The standard InChI is InChI=1S/C17H23N3O/c1-14(15(2)20-13-7-12-19-20)18-11-6-9-16-8-4-5-10-17(16)21-3/h4-10,12-15,18H,11H2,1-3H3. The second kappa shape index (κ2) is 7.64. The molecule has 0 aliphatic rings. The van der Waals surface area contributed by atoms with Gasteiger partial charge in [0.25, 0.3) is 0 Å². The van der Waals surface area contributed by atoms with Crippen LogP contribution in [0.3, 0.4) is 0 Å². The minimum Gasteiger partial charge on any atom is -0.496 e. The minimum atomic E-state index is 0.319. The Balaban J connectivity index is 1.85. The lowest BCUT2D eigenvalue weighted by Gasteiger charge is -2.21. The van der Waals surface area contributed by atoms with Crippen LogP contribution < -0.4 is 10.1 Å². The van der Waals surface area contributed by atoms with Gasteiger partial charge in [-0.1, -0.05) is 30.4 Å². The molecule has 2 rings (SSSR count). The Kier molecular flexibility index (Phi) is 5.58. The number of nitrogens with one attached hydrogen (secondary N) is 1. The lowest BCUT2D eigenvalue weighted by Crippen LogP contribution is -2.34. The van der Waals surface area contributed by atoms with Gasteiger partial charge in [0, 0.05) is 30.5 Å². The van der Waals surface area contributed by atoms with Crippen LogP contribution >= 0.6 is 0 Å². The third kappa shape index (κ3) is 4.20. The molecule has 1 N–H and O–H groups in total. The van der Waals surface area contributed by atoms with Gasteiger partial charge < -0.3 is 10.1 Å². The number of nitrogens with zero attached hydrogens (tertiary/aromatic N) is 2. The van der Waals surface area contributed by atoms with Gasteiger partial charge in [-0.2, -0.15) is 5.10 Å². The van der Waals surface area contributed by atoms with Crippen LogP contribution in [0.25, 0.3) is 6.08 Å². The number of benzene rings is 1. The number of para-hydroxylation sites is 1. The van der Waals surface area contributed by atoms with E-state index in [4.69, 9.17) is 4.74 Å². The zero-order valence-electron chi connectivity index (χ0n) is 12.9. The summed E-state index contributed by atoms with van der Waals surface area (Å²) in [6.45, 7) is 5.14. The lowest BCUT2D eigenvalue weighted by atomic mass is 10.1. The fourth-order valence-electron chi connectivity index (χ4n) is 2.17. The number of aromatic nitrogens is 2. The molecule has 2 aromatic rings. The average Bonchev–Trinajstić information content (AvgIpc) is 3.05. The van der Waals surface area contributed by atoms with Crippen LogP contribution in [0.15, 0.2) is 48.8 Å². The first kappa shape index (κ1) is 15.3. The van der Waals surface area contributed by atoms with Crippen molar-refractivity contribution in [3.05, 3.63) is 54.4 Å². The van der Waals surface area contributed by atoms with E-state index in [0.717, 1.165) is 17.9 Å². The molecule has 2 unspecified atom stereocenters. The molecule has 112 valence electrons. The highest BCUT2D eigenvalue weighted by Crippen LogP contribution is 2.18. The molecule has 0 fully saturated rings. The van der Waals surface area contributed by atoms with Gasteiger partial charge in [-0.15, -0.1) is 0 Å². The molecule has 21 heavy (non-hydrogen) atoms. The second-order valence-electron chi connectivity index (χ2n) is 5.07. The fourth-order valence-corrected chi connectivity index (χ4v) is 2.17. The zero-order valence-corrected chi connectivity index (χ0v) is 12.9. The van der Waals surface area contributed by atoms with Gasteiger partial charge in [0.05, 0.1) is 13.2 Å². The quantitative estimate of drug-likeness (QED) is 0.849. The van der Waals surface area contributed by atoms with Crippen molar-refractivity contribution in [3.63, 3.8) is 0 Å². The van der Waals surface area contributed by atoms with Crippen LogP contribution in [0.4, 0.5) is 0 Å². The van der Waals surface area contributed by atoms with Crippen LogP contribution in [-0.2, 0) is 0 Å². The maximum Gasteiger partial charge on any atom is 0.126 e. The molecule has 1 aromatic carbocycles. The maximum atomic E-state index is 5.33. The van der Waals surface area contributed by atoms with Crippen molar-refractivity contribution >= 4 is 6.08 Å². The Bertz CT molecular complexity index is 563. The lowest BCUT2D eigenvalue weighted by molar-refractivity contribution is 0.376. The van der Waals surface area contributed by atoms with Crippen molar-refractivity contribution in [3.8, 4) is 5.75 Å². The van der Waals surface area contributed by atoms with E-state index in [0.29, 0.717) is 12.1 Å². The number of hydrogen-bond acceptors (Lipinski definition) is 3. The summed E-state index contributed by atoms with van der Waals surface area (Å²) < 4.78 is 7.30. The van der Waals surface area contributed by atoms with E-state index in [1.807, 2.05) is 47.4 Å². The molecule has 1 heterocycles. The summed E-state index contributed by atoms with van der Waals surface area (Å²) in [5.74, 6) is 0.895. The Morgan fingerprint density at radius 2 is 2.10 bits per heavy atom. The molecule has 0 bridgehead atoms. The number of ether oxygens (including phenoxy) is 1. The van der Waals surface area contributed by atoms with Crippen LogP contribution in [-0.4, -0.2) is 29.5 Å². The monoisotopic (exact) mass is 285 g/mol. The van der Waals surface area contributed by atoms with Crippen LogP contribution in [0.2, 0.25) is 0 Å². The summed E-state index contributed by atoms with van der Waals surface area (Å²) in [7, 11) is 1.69. The Hall–Kier alpha value is -2.07. The van der Waals surface area contributed by atoms with Gasteiger partial charge in [0.2, 0.25) is 0 Å². The molecule has 4 heteroatoms. The SMILES string of the molecule is COc1ccccc1C=CCNC(C)C(C)n1cccn1. The summed E-state index contributed by atoms with van der Waals surface area (Å²) in [5, 5.41) is 7.77. The van der Waals surface area contributed by atoms with Crippen LogP contribution in [0.5, 0.6) is 5.75 Å². The molecule has 0 amide bonds. The number of hydrogen-bond donors (Lipinski definition) is 1. The van der Waals surface area contributed by atoms with E-state index in [1.165, 1.54) is 0 Å². The third-order valence-corrected chi connectivity index (χ3v) is 3.66. The van der Waals surface area contributed by atoms with E-state index in [1.54, 1.807) is 7.11 Å². The second-order valence-corrected chi connectivity index (χ2v) is 5.07. The van der Waals surface area contributed by atoms with Crippen LogP contribution in [0, 0.1) is 0 Å². The molecular weight excluding hydrogens is 262 g/mol. The summed E-state index contributed by atoms with van der Waals surface area (Å²) in [6, 6.07) is 10.6. The molecule has 0 saturated carbocycles. The van der Waals surface area contributed by atoms with E-state index < -0.39 is 0 Å². The molecule has 0 saturated heterocycles. The summed E-state index contributed by atoms with van der Waals surface area (Å²) >= 11 is 0. The normalized spacial score (nSPS) is 14.2. The maximum absolute atomic E-state index is 5.33.